The molecule has 4 heteroatoms. The number of rotatable bonds is 3. The lowest BCUT2D eigenvalue weighted by Gasteiger charge is -2.24. The highest BCUT2D eigenvalue weighted by molar-refractivity contribution is 6.30. The van der Waals surface area contributed by atoms with Crippen LogP contribution in [0.1, 0.15) is 16.7 Å². The number of amides is 1. The zero-order chi connectivity index (χ0) is 15.5. The van der Waals surface area contributed by atoms with Gasteiger partial charge in [-0.05, 0) is 48.2 Å². The van der Waals surface area contributed by atoms with Crippen LogP contribution < -0.4 is 10.1 Å². The highest BCUT2D eigenvalue weighted by atomic mass is 35.5. The molecule has 1 N–H and O–H groups in total. The van der Waals surface area contributed by atoms with E-state index < -0.39 is 0 Å². The van der Waals surface area contributed by atoms with E-state index in [4.69, 9.17) is 16.3 Å². The molecule has 0 saturated carbocycles. The van der Waals surface area contributed by atoms with Crippen LogP contribution >= 0.6 is 11.6 Å². The van der Waals surface area contributed by atoms with Crippen molar-refractivity contribution in [3.05, 3.63) is 64.2 Å². The topological polar surface area (TPSA) is 38.3 Å². The van der Waals surface area contributed by atoms with Gasteiger partial charge in [0, 0.05) is 11.6 Å². The predicted molar refractivity (Wildman–Crippen MR) is 87.2 cm³/mol. The highest BCUT2D eigenvalue weighted by Crippen LogP contribution is 2.29. The first kappa shape index (κ1) is 14.9. The summed E-state index contributed by atoms with van der Waals surface area (Å²) in [6, 6.07) is 13.6. The number of fused-ring (bicyclic) bond motifs is 1. The smallest absolute Gasteiger partial charge is 0.227 e. The van der Waals surface area contributed by atoms with Gasteiger partial charge in [-0.3, -0.25) is 4.79 Å². The molecule has 1 aliphatic rings. The molecule has 3 rings (SSSR count). The largest absolute Gasteiger partial charge is 0.492 e. The van der Waals surface area contributed by atoms with Crippen LogP contribution in [0.5, 0.6) is 5.75 Å². The molecular weight excluding hydrogens is 298 g/mol. The third-order valence-corrected chi connectivity index (χ3v) is 4.25. The summed E-state index contributed by atoms with van der Waals surface area (Å²) < 4.78 is 5.67. The second-order valence-corrected chi connectivity index (χ2v) is 6.04. The van der Waals surface area contributed by atoms with Gasteiger partial charge in [0.25, 0.3) is 0 Å². The first-order valence-electron chi connectivity index (χ1n) is 7.37. The second kappa shape index (κ2) is 6.41. The maximum absolute atomic E-state index is 12.4. The minimum atomic E-state index is -0.171. The van der Waals surface area contributed by atoms with Crippen LogP contribution in [0.15, 0.2) is 42.5 Å². The molecule has 0 aliphatic carbocycles. The summed E-state index contributed by atoms with van der Waals surface area (Å²) >= 11 is 6.01. The molecule has 1 amide bonds. The van der Waals surface area contributed by atoms with Gasteiger partial charge < -0.3 is 10.1 Å². The van der Waals surface area contributed by atoms with Gasteiger partial charge in [0.15, 0.2) is 0 Å². The van der Waals surface area contributed by atoms with E-state index in [0.717, 1.165) is 16.9 Å². The van der Waals surface area contributed by atoms with Gasteiger partial charge >= 0.3 is 0 Å². The van der Waals surface area contributed by atoms with E-state index in [-0.39, 0.29) is 11.8 Å². The van der Waals surface area contributed by atoms with Crippen molar-refractivity contribution in [2.24, 2.45) is 5.92 Å². The van der Waals surface area contributed by atoms with Gasteiger partial charge in [0.1, 0.15) is 12.4 Å². The zero-order valence-corrected chi connectivity index (χ0v) is 13.2. The molecule has 0 bridgehead atoms. The van der Waals surface area contributed by atoms with Crippen LogP contribution in [0.2, 0.25) is 5.02 Å². The van der Waals surface area contributed by atoms with Crippen LogP contribution in [0.4, 0.5) is 0 Å². The van der Waals surface area contributed by atoms with Crippen molar-refractivity contribution in [2.45, 2.75) is 19.9 Å². The Hall–Kier alpha value is -2.00. The Labute approximate surface area is 135 Å². The Kier molecular flexibility index (Phi) is 4.34. The molecule has 0 fully saturated rings. The number of halogens is 1. The Morgan fingerprint density at radius 2 is 2.14 bits per heavy atom. The Bertz CT molecular complexity index is 699. The Balaban J connectivity index is 1.63. The monoisotopic (exact) mass is 315 g/mol. The van der Waals surface area contributed by atoms with Crippen LogP contribution in [0.25, 0.3) is 0 Å². The van der Waals surface area contributed by atoms with E-state index in [1.165, 1.54) is 5.56 Å². The maximum Gasteiger partial charge on any atom is 0.227 e. The minimum absolute atomic E-state index is 0.0221. The molecular formula is C18H18ClNO2. The molecule has 0 aromatic heterocycles. The van der Waals surface area contributed by atoms with E-state index >= 15 is 0 Å². The van der Waals surface area contributed by atoms with Crippen molar-refractivity contribution in [2.75, 3.05) is 6.61 Å². The first-order valence-corrected chi connectivity index (χ1v) is 7.75. The average Bonchev–Trinajstić information content (AvgIpc) is 2.53. The van der Waals surface area contributed by atoms with E-state index in [9.17, 15) is 4.79 Å². The third-order valence-electron chi connectivity index (χ3n) is 4.01. The van der Waals surface area contributed by atoms with Crippen molar-refractivity contribution in [1.29, 1.82) is 0 Å². The molecule has 2 aromatic carbocycles. The summed E-state index contributed by atoms with van der Waals surface area (Å²) in [6.45, 7) is 3.00. The molecule has 1 atom stereocenters. The quantitative estimate of drug-likeness (QED) is 0.941. The molecule has 3 nitrogen and oxygen atoms in total. The fourth-order valence-electron chi connectivity index (χ4n) is 2.67. The highest BCUT2D eigenvalue weighted by Gasteiger charge is 2.26. The van der Waals surface area contributed by atoms with E-state index in [1.54, 1.807) is 6.07 Å². The molecule has 0 saturated heterocycles. The van der Waals surface area contributed by atoms with Crippen molar-refractivity contribution < 1.29 is 9.53 Å². The van der Waals surface area contributed by atoms with Gasteiger partial charge in [-0.2, -0.15) is 0 Å². The van der Waals surface area contributed by atoms with E-state index in [2.05, 4.69) is 5.32 Å². The summed E-state index contributed by atoms with van der Waals surface area (Å²) in [5.74, 6) is 0.677. The van der Waals surface area contributed by atoms with Gasteiger partial charge in [-0.25, -0.2) is 0 Å². The summed E-state index contributed by atoms with van der Waals surface area (Å²) in [4.78, 5) is 12.4. The molecule has 1 aliphatic heterocycles. The number of aryl methyl sites for hydroxylation is 1. The summed E-state index contributed by atoms with van der Waals surface area (Å²) in [5.41, 5.74) is 3.31. The number of ether oxygens (including phenoxy) is 1. The van der Waals surface area contributed by atoms with Crippen molar-refractivity contribution in [3.8, 4) is 5.75 Å². The fraction of sp³-hybridized carbons (Fsp3) is 0.278. The molecule has 1 unspecified atom stereocenters. The number of nitrogens with one attached hydrogen (secondary N) is 1. The minimum Gasteiger partial charge on any atom is -0.492 e. The standard InChI is InChI=1S/C18H18ClNO2/c1-12-4-2-3-5-13(12)10-20-18(21)15-8-14-9-16(19)6-7-17(14)22-11-15/h2-7,9,15H,8,10-11H2,1H3,(H,20,21). The van der Waals surface area contributed by atoms with Crippen LogP contribution in [0.3, 0.4) is 0 Å². The molecule has 1 heterocycles. The molecule has 0 spiro atoms. The van der Waals surface area contributed by atoms with Gasteiger partial charge in [-0.15, -0.1) is 0 Å². The molecule has 22 heavy (non-hydrogen) atoms. The molecule has 0 radical (unpaired) electrons. The lowest BCUT2D eigenvalue weighted by atomic mass is 9.96. The third kappa shape index (κ3) is 3.25. The Morgan fingerprint density at radius 3 is 2.95 bits per heavy atom. The second-order valence-electron chi connectivity index (χ2n) is 5.61. The number of carbonyl (C=O) groups is 1. The van der Waals surface area contributed by atoms with Gasteiger partial charge in [0.2, 0.25) is 5.91 Å². The van der Waals surface area contributed by atoms with Crippen LogP contribution in [-0.2, 0) is 17.8 Å². The van der Waals surface area contributed by atoms with Gasteiger partial charge in [-0.1, -0.05) is 35.9 Å². The lowest BCUT2D eigenvalue weighted by Crippen LogP contribution is -2.37. The number of hydrogen-bond donors (Lipinski definition) is 1. The molecule has 114 valence electrons. The first-order chi connectivity index (χ1) is 10.6. The maximum atomic E-state index is 12.4. The van der Waals surface area contributed by atoms with Crippen molar-refractivity contribution in [1.82, 2.24) is 5.32 Å². The summed E-state index contributed by atoms with van der Waals surface area (Å²) in [7, 11) is 0. The average molecular weight is 316 g/mol. The predicted octanol–water partition coefficient (Wildman–Crippen LogP) is 3.52. The Morgan fingerprint density at radius 1 is 1.32 bits per heavy atom. The fourth-order valence-corrected chi connectivity index (χ4v) is 2.86. The van der Waals surface area contributed by atoms with Crippen molar-refractivity contribution >= 4 is 17.5 Å². The van der Waals surface area contributed by atoms with Crippen molar-refractivity contribution in [3.63, 3.8) is 0 Å². The normalized spacial score (nSPS) is 16.5. The van der Waals surface area contributed by atoms with E-state index in [0.29, 0.717) is 24.6 Å². The van der Waals surface area contributed by atoms with Crippen LogP contribution in [0, 0.1) is 12.8 Å². The van der Waals surface area contributed by atoms with Crippen LogP contribution in [-0.4, -0.2) is 12.5 Å². The number of hydrogen-bond acceptors (Lipinski definition) is 2. The SMILES string of the molecule is Cc1ccccc1CNC(=O)C1COc2ccc(Cl)cc2C1. The number of carbonyl (C=O) groups excluding carboxylic acids is 1. The van der Waals surface area contributed by atoms with E-state index in [1.807, 2.05) is 43.3 Å². The summed E-state index contributed by atoms with van der Waals surface area (Å²) in [6.07, 6.45) is 0.662. The lowest BCUT2D eigenvalue weighted by molar-refractivity contribution is -0.126. The molecule has 2 aromatic rings. The zero-order valence-electron chi connectivity index (χ0n) is 12.4. The summed E-state index contributed by atoms with van der Waals surface area (Å²) in [5, 5.41) is 3.67. The number of benzene rings is 2. The van der Waals surface area contributed by atoms with Gasteiger partial charge in [0.05, 0.1) is 5.92 Å².